The highest BCUT2D eigenvalue weighted by Crippen LogP contribution is 2.29. The molecule has 1 aliphatic rings. The molecule has 1 amide bonds. The van der Waals surface area contributed by atoms with Crippen LogP contribution in [0.2, 0.25) is 0 Å². The van der Waals surface area contributed by atoms with E-state index in [0.717, 1.165) is 29.8 Å². The maximum atomic E-state index is 12.9. The summed E-state index contributed by atoms with van der Waals surface area (Å²) >= 11 is 0. The number of para-hydroxylation sites is 1. The number of rotatable bonds is 2. The Kier molecular flexibility index (Phi) is 3.53. The summed E-state index contributed by atoms with van der Waals surface area (Å²) < 4.78 is 5.35. The van der Waals surface area contributed by atoms with Crippen molar-refractivity contribution < 1.29 is 9.53 Å². The second-order valence-corrected chi connectivity index (χ2v) is 6.29. The van der Waals surface area contributed by atoms with Gasteiger partial charge in [-0.3, -0.25) is 4.79 Å². The Balaban J connectivity index is 1.65. The van der Waals surface area contributed by atoms with Gasteiger partial charge in [-0.1, -0.05) is 24.3 Å². The zero-order chi connectivity index (χ0) is 16.7. The monoisotopic (exact) mass is 320 g/mol. The predicted molar refractivity (Wildman–Crippen MR) is 94.5 cm³/mol. The van der Waals surface area contributed by atoms with Crippen molar-refractivity contribution in [2.45, 2.75) is 19.9 Å². The highest BCUT2D eigenvalue weighted by molar-refractivity contribution is 5.95. The fraction of sp³-hybridized carbons (Fsp3) is 0.250. The minimum atomic E-state index is 0.0595. The Bertz CT molecular complexity index is 927. The van der Waals surface area contributed by atoms with Crippen LogP contribution in [0, 0.1) is 6.92 Å². The van der Waals surface area contributed by atoms with Crippen LogP contribution in [0.15, 0.2) is 42.5 Å². The topological polar surface area (TPSA) is 45.3 Å². The second kappa shape index (κ2) is 5.71. The number of aromatic nitrogens is 1. The van der Waals surface area contributed by atoms with E-state index in [1.807, 2.05) is 42.2 Å². The second-order valence-electron chi connectivity index (χ2n) is 6.29. The summed E-state index contributed by atoms with van der Waals surface area (Å²) in [4.78, 5) is 18.3. The number of H-pyrrole nitrogens is 1. The van der Waals surface area contributed by atoms with Crippen LogP contribution in [0.3, 0.4) is 0 Å². The van der Waals surface area contributed by atoms with Gasteiger partial charge in [-0.15, -0.1) is 0 Å². The van der Waals surface area contributed by atoms with E-state index in [2.05, 4.69) is 17.1 Å². The van der Waals surface area contributed by atoms with Crippen molar-refractivity contribution >= 4 is 16.8 Å². The van der Waals surface area contributed by atoms with Crippen molar-refractivity contribution in [2.75, 3.05) is 13.7 Å². The number of aromatic amines is 1. The molecular formula is C20H20N2O2. The number of aryl methyl sites for hydroxylation is 1. The van der Waals surface area contributed by atoms with E-state index in [9.17, 15) is 4.79 Å². The molecule has 0 spiro atoms. The van der Waals surface area contributed by atoms with E-state index in [1.54, 1.807) is 7.11 Å². The highest BCUT2D eigenvalue weighted by Gasteiger charge is 2.25. The molecule has 1 aliphatic heterocycles. The van der Waals surface area contributed by atoms with Gasteiger partial charge in [0.25, 0.3) is 5.91 Å². The molecule has 24 heavy (non-hydrogen) atoms. The Labute approximate surface area is 141 Å². The maximum Gasteiger partial charge on any atom is 0.254 e. The van der Waals surface area contributed by atoms with Gasteiger partial charge in [0.05, 0.1) is 7.11 Å². The number of carbonyl (C=O) groups excluding carboxylic acids is 1. The van der Waals surface area contributed by atoms with Gasteiger partial charge in [-0.25, -0.2) is 0 Å². The number of benzene rings is 2. The first-order valence-electron chi connectivity index (χ1n) is 8.20. The third-order valence-electron chi connectivity index (χ3n) is 4.82. The van der Waals surface area contributed by atoms with Crippen molar-refractivity contribution in [3.63, 3.8) is 0 Å². The van der Waals surface area contributed by atoms with Crippen LogP contribution in [0.25, 0.3) is 10.9 Å². The molecule has 0 unspecified atom stereocenters. The molecule has 1 N–H and O–H groups in total. The normalized spacial score (nSPS) is 13.8. The molecule has 0 bridgehead atoms. The summed E-state index contributed by atoms with van der Waals surface area (Å²) in [6.45, 7) is 3.36. The van der Waals surface area contributed by atoms with E-state index in [-0.39, 0.29) is 5.91 Å². The Morgan fingerprint density at radius 3 is 2.88 bits per heavy atom. The molecule has 0 radical (unpaired) electrons. The number of carbonyl (C=O) groups is 1. The third kappa shape index (κ3) is 2.35. The van der Waals surface area contributed by atoms with Gasteiger partial charge >= 0.3 is 0 Å². The SMILES string of the molecule is COc1cc(C(=O)N2CCc3[nH]c4ccccc4c3C2)ccc1C. The molecule has 0 saturated heterocycles. The third-order valence-corrected chi connectivity index (χ3v) is 4.82. The van der Waals surface area contributed by atoms with Crippen molar-refractivity contribution in [1.82, 2.24) is 9.88 Å². The molecule has 4 rings (SSSR count). The van der Waals surface area contributed by atoms with E-state index in [0.29, 0.717) is 12.1 Å². The lowest BCUT2D eigenvalue weighted by Gasteiger charge is -2.27. The van der Waals surface area contributed by atoms with Crippen LogP contribution in [0.5, 0.6) is 5.75 Å². The zero-order valence-electron chi connectivity index (χ0n) is 13.9. The van der Waals surface area contributed by atoms with Gasteiger partial charge in [0.15, 0.2) is 0 Å². The van der Waals surface area contributed by atoms with Crippen molar-refractivity contribution in [3.8, 4) is 5.75 Å². The smallest absolute Gasteiger partial charge is 0.254 e. The summed E-state index contributed by atoms with van der Waals surface area (Å²) in [5.41, 5.74) is 5.35. The molecule has 0 saturated carbocycles. The van der Waals surface area contributed by atoms with E-state index in [4.69, 9.17) is 4.74 Å². The summed E-state index contributed by atoms with van der Waals surface area (Å²) in [5.74, 6) is 0.815. The average Bonchev–Trinajstić information content (AvgIpc) is 2.99. The number of nitrogens with one attached hydrogen (secondary N) is 1. The molecule has 2 aromatic carbocycles. The van der Waals surface area contributed by atoms with Crippen LogP contribution >= 0.6 is 0 Å². The van der Waals surface area contributed by atoms with Crippen LogP contribution in [0.1, 0.15) is 27.2 Å². The van der Waals surface area contributed by atoms with Gasteiger partial charge in [0.2, 0.25) is 0 Å². The van der Waals surface area contributed by atoms with Crippen LogP contribution < -0.4 is 4.74 Å². The summed E-state index contributed by atoms with van der Waals surface area (Å²) in [7, 11) is 1.63. The van der Waals surface area contributed by atoms with Gasteiger partial charge < -0.3 is 14.6 Å². The lowest BCUT2D eigenvalue weighted by Crippen LogP contribution is -2.35. The van der Waals surface area contributed by atoms with Gasteiger partial charge in [0.1, 0.15) is 5.75 Å². The van der Waals surface area contributed by atoms with Crippen LogP contribution in [-0.2, 0) is 13.0 Å². The van der Waals surface area contributed by atoms with Gasteiger partial charge in [-0.2, -0.15) is 0 Å². The van der Waals surface area contributed by atoms with Crippen LogP contribution in [0.4, 0.5) is 0 Å². The fourth-order valence-corrected chi connectivity index (χ4v) is 3.48. The molecule has 0 fully saturated rings. The lowest BCUT2D eigenvalue weighted by molar-refractivity contribution is 0.0734. The average molecular weight is 320 g/mol. The summed E-state index contributed by atoms with van der Waals surface area (Å²) in [6, 6.07) is 13.9. The molecule has 122 valence electrons. The minimum Gasteiger partial charge on any atom is -0.496 e. The predicted octanol–water partition coefficient (Wildman–Crippen LogP) is 3.68. The lowest BCUT2D eigenvalue weighted by atomic mass is 10.0. The molecule has 0 aliphatic carbocycles. The first kappa shape index (κ1) is 14.8. The summed E-state index contributed by atoms with van der Waals surface area (Å²) in [5, 5.41) is 1.21. The Morgan fingerprint density at radius 1 is 1.21 bits per heavy atom. The van der Waals surface area contributed by atoms with Crippen molar-refractivity contribution in [3.05, 3.63) is 64.8 Å². The summed E-state index contributed by atoms with van der Waals surface area (Å²) in [6.07, 6.45) is 0.860. The largest absolute Gasteiger partial charge is 0.496 e. The van der Waals surface area contributed by atoms with Crippen molar-refractivity contribution in [1.29, 1.82) is 0 Å². The standard InChI is InChI=1S/C20H20N2O2/c1-13-7-8-14(11-19(13)24-2)20(23)22-10-9-18-16(12-22)15-5-3-4-6-17(15)21-18/h3-8,11,21H,9-10,12H2,1-2H3. The Hall–Kier alpha value is -2.75. The zero-order valence-corrected chi connectivity index (χ0v) is 13.9. The highest BCUT2D eigenvalue weighted by atomic mass is 16.5. The molecular weight excluding hydrogens is 300 g/mol. The van der Waals surface area contributed by atoms with Crippen LogP contribution in [-0.4, -0.2) is 29.4 Å². The van der Waals surface area contributed by atoms with E-state index in [1.165, 1.54) is 16.6 Å². The van der Waals surface area contributed by atoms with E-state index >= 15 is 0 Å². The molecule has 0 atom stereocenters. The number of amides is 1. The molecule has 4 heteroatoms. The van der Waals surface area contributed by atoms with Gasteiger partial charge in [-0.05, 0) is 30.7 Å². The number of methoxy groups -OCH3 is 1. The first-order chi connectivity index (χ1) is 11.7. The fourth-order valence-electron chi connectivity index (χ4n) is 3.48. The Morgan fingerprint density at radius 2 is 2.04 bits per heavy atom. The number of hydrogen-bond acceptors (Lipinski definition) is 2. The van der Waals surface area contributed by atoms with Crippen molar-refractivity contribution in [2.24, 2.45) is 0 Å². The molecule has 4 nitrogen and oxygen atoms in total. The first-order valence-corrected chi connectivity index (χ1v) is 8.20. The number of ether oxygens (including phenoxy) is 1. The number of hydrogen-bond donors (Lipinski definition) is 1. The van der Waals surface area contributed by atoms with Gasteiger partial charge in [0, 0.05) is 47.2 Å². The number of nitrogens with zero attached hydrogens (tertiary/aromatic N) is 1. The molecule has 2 heterocycles. The molecule has 3 aromatic rings. The quantitative estimate of drug-likeness (QED) is 0.783. The minimum absolute atomic E-state index is 0.0595. The molecule has 1 aromatic heterocycles. The van der Waals surface area contributed by atoms with E-state index < -0.39 is 0 Å². The maximum absolute atomic E-state index is 12.9. The number of fused-ring (bicyclic) bond motifs is 3.